The molecule has 1 rings (SSSR count). The van der Waals surface area contributed by atoms with Gasteiger partial charge in [-0.3, -0.25) is 0 Å². The molecule has 2 nitrogen and oxygen atoms in total. The van der Waals surface area contributed by atoms with Crippen LogP contribution in [0, 0.1) is 0 Å². The third kappa shape index (κ3) is 1.13. The Morgan fingerprint density at radius 1 is 1.88 bits per heavy atom. The van der Waals surface area contributed by atoms with E-state index in [1.54, 1.807) is 6.08 Å². The normalized spacial score (nSPS) is 16.8. The fraction of sp³-hybridized carbons (Fsp3) is 0. The van der Waals surface area contributed by atoms with Crippen molar-refractivity contribution < 1.29 is 4.28 Å². The van der Waals surface area contributed by atoms with Gasteiger partial charge in [0.2, 0.25) is 0 Å². The molecule has 1 aliphatic rings. The number of hydrogen-bond acceptors (Lipinski definition) is 3. The van der Waals surface area contributed by atoms with Crippen LogP contribution in [0.15, 0.2) is 29.3 Å². The predicted molar refractivity (Wildman–Crippen MR) is 35.4 cm³/mol. The minimum Gasteiger partial charge on any atom is -0.317 e. The minimum atomic E-state index is 0.767. The maximum atomic E-state index is 4.62. The minimum absolute atomic E-state index is 0.767. The number of oxime groups is 1. The predicted octanol–water partition coefficient (Wildman–Crippen LogP) is 1.72. The summed E-state index contributed by atoms with van der Waals surface area (Å²) in [5.74, 6) is 0. The molecule has 0 aromatic carbocycles. The maximum absolute atomic E-state index is 4.62. The molecular formula is C5H5NOS. The van der Waals surface area contributed by atoms with Crippen molar-refractivity contribution in [3.63, 3.8) is 0 Å². The van der Waals surface area contributed by atoms with Gasteiger partial charge in [0.25, 0.3) is 0 Å². The average Bonchev–Trinajstić information content (AvgIpc) is 1.90. The highest BCUT2D eigenvalue weighted by Crippen LogP contribution is 2.10. The zero-order valence-electron chi connectivity index (χ0n) is 4.20. The molecule has 3 heteroatoms. The van der Waals surface area contributed by atoms with Gasteiger partial charge in [-0.1, -0.05) is 11.7 Å². The summed E-state index contributed by atoms with van der Waals surface area (Å²) in [5.41, 5.74) is 0.767. The lowest BCUT2D eigenvalue weighted by Crippen LogP contribution is -1.88. The molecule has 0 bridgehead atoms. The van der Waals surface area contributed by atoms with Crippen LogP contribution in [0.1, 0.15) is 0 Å². The molecule has 8 heavy (non-hydrogen) atoms. The summed E-state index contributed by atoms with van der Waals surface area (Å²) in [7, 11) is 0. The molecule has 0 atom stereocenters. The molecule has 0 aromatic rings. The lowest BCUT2D eigenvalue weighted by Gasteiger charge is -1.96. The summed E-state index contributed by atoms with van der Waals surface area (Å²) >= 11 is 1.20. The Bertz CT molecular complexity index is 151. The van der Waals surface area contributed by atoms with E-state index in [4.69, 9.17) is 0 Å². The van der Waals surface area contributed by atoms with E-state index in [2.05, 4.69) is 16.0 Å². The second kappa shape index (κ2) is 2.57. The Labute approximate surface area is 52.1 Å². The first-order valence-electron chi connectivity index (χ1n) is 2.13. The van der Waals surface area contributed by atoms with E-state index in [1.165, 1.54) is 12.0 Å². The van der Waals surface area contributed by atoms with Crippen molar-refractivity contribution in [1.29, 1.82) is 0 Å². The lowest BCUT2D eigenvalue weighted by molar-refractivity contribution is 0.408. The van der Waals surface area contributed by atoms with Gasteiger partial charge in [-0.25, -0.2) is 0 Å². The van der Waals surface area contributed by atoms with Gasteiger partial charge >= 0.3 is 0 Å². The largest absolute Gasteiger partial charge is 0.317 e. The Morgan fingerprint density at radius 3 is 3.12 bits per heavy atom. The monoisotopic (exact) mass is 127 g/mol. The van der Waals surface area contributed by atoms with Gasteiger partial charge < -0.3 is 4.28 Å². The molecular weight excluding hydrogens is 122 g/mol. The molecule has 0 spiro atoms. The molecule has 1 aliphatic heterocycles. The molecule has 0 N–H and O–H groups in total. The van der Waals surface area contributed by atoms with Crippen LogP contribution in [0.3, 0.4) is 0 Å². The molecule has 0 saturated heterocycles. The van der Waals surface area contributed by atoms with E-state index in [-0.39, 0.29) is 0 Å². The van der Waals surface area contributed by atoms with Gasteiger partial charge in [0.15, 0.2) is 0 Å². The second-order valence-corrected chi connectivity index (χ2v) is 1.81. The first-order valence-corrected chi connectivity index (χ1v) is 2.93. The van der Waals surface area contributed by atoms with E-state index < -0.39 is 0 Å². The summed E-state index contributed by atoms with van der Waals surface area (Å²) in [6.07, 6.45) is 3.47. The molecule has 1 heterocycles. The van der Waals surface area contributed by atoms with Crippen LogP contribution in [-0.4, -0.2) is 5.71 Å². The number of allylic oxidation sites excluding steroid dienone is 2. The van der Waals surface area contributed by atoms with E-state index >= 15 is 0 Å². The molecule has 0 unspecified atom stereocenters. The Balaban J connectivity index is 2.64. The summed E-state index contributed by atoms with van der Waals surface area (Å²) < 4.78 is 4.62. The smallest absolute Gasteiger partial charge is 0.117 e. The fourth-order valence-electron chi connectivity index (χ4n) is 0.323. The van der Waals surface area contributed by atoms with Crippen molar-refractivity contribution in [3.8, 4) is 0 Å². The Kier molecular flexibility index (Phi) is 1.75. The molecule has 0 aliphatic carbocycles. The summed E-state index contributed by atoms with van der Waals surface area (Å²) in [4.78, 5) is 0. The van der Waals surface area contributed by atoms with Gasteiger partial charge in [0, 0.05) is 5.41 Å². The third-order valence-corrected chi connectivity index (χ3v) is 1.10. The maximum Gasteiger partial charge on any atom is 0.117 e. The lowest BCUT2D eigenvalue weighted by atomic mass is 10.4. The van der Waals surface area contributed by atoms with Gasteiger partial charge in [-0.15, -0.1) is 0 Å². The number of rotatable bonds is 1. The highest BCUT2D eigenvalue weighted by Gasteiger charge is 1.92. The van der Waals surface area contributed by atoms with E-state index in [9.17, 15) is 0 Å². The quantitative estimate of drug-likeness (QED) is 0.500. The number of nitrogens with zero attached hydrogens (tertiary/aromatic N) is 1. The highest BCUT2D eigenvalue weighted by molar-refractivity contribution is 7.97. The van der Waals surface area contributed by atoms with Gasteiger partial charge in [0.05, 0.1) is 0 Å². The van der Waals surface area contributed by atoms with Gasteiger partial charge in [0.1, 0.15) is 17.8 Å². The van der Waals surface area contributed by atoms with E-state index in [0.717, 1.165) is 5.71 Å². The molecule has 42 valence electrons. The molecule has 0 radical (unpaired) electrons. The summed E-state index contributed by atoms with van der Waals surface area (Å²) in [6, 6.07) is 0. The highest BCUT2D eigenvalue weighted by atomic mass is 32.2. The summed E-state index contributed by atoms with van der Waals surface area (Å²) in [5, 5.41) is 5.43. The van der Waals surface area contributed by atoms with E-state index in [0.29, 0.717) is 0 Å². The van der Waals surface area contributed by atoms with Crippen molar-refractivity contribution in [1.82, 2.24) is 0 Å². The van der Waals surface area contributed by atoms with Crippen molar-refractivity contribution in [2.45, 2.75) is 0 Å². The molecule has 0 amide bonds. The van der Waals surface area contributed by atoms with E-state index in [1.807, 2.05) is 11.5 Å². The molecule has 0 saturated carbocycles. The first kappa shape index (κ1) is 5.44. The zero-order valence-corrected chi connectivity index (χ0v) is 5.02. The van der Waals surface area contributed by atoms with Crippen LogP contribution < -0.4 is 0 Å². The van der Waals surface area contributed by atoms with Crippen LogP contribution in [-0.2, 0) is 4.28 Å². The van der Waals surface area contributed by atoms with Crippen LogP contribution in [0.2, 0.25) is 0 Å². The fourth-order valence-corrected chi connectivity index (χ4v) is 0.696. The summed E-state index contributed by atoms with van der Waals surface area (Å²) in [6.45, 7) is 3.51. The van der Waals surface area contributed by atoms with Crippen LogP contribution in [0.4, 0.5) is 0 Å². The van der Waals surface area contributed by atoms with Crippen LogP contribution in [0.25, 0.3) is 0 Å². The van der Waals surface area contributed by atoms with Crippen molar-refractivity contribution >= 4 is 17.8 Å². The third-order valence-electron chi connectivity index (χ3n) is 0.689. The average molecular weight is 127 g/mol. The molecule has 0 fully saturated rings. The Morgan fingerprint density at radius 2 is 2.75 bits per heavy atom. The topological polar surface area (TPSA) is 21.6 Å². The standard InChI is InChI=1S/C5H5NOS/c1-2-5-3-4-8-7-6-5/h2-4H,1H2. The SMILES string of the molecule is C=CC1=NOSC=C1. The first-order chi connectivity index (χ1) is 3.93. The van der Waals surface area contributed by atoms with Crippen molar-refractivity contribution in [3.05, 3.63) is 24.1 Å². The second-order valence-electron chi connectivity index (χ2n) is 1.19. The Hall–Kier alpha value is -0.700. The number of hydrogen-bond donors (Lipinski definition) is 0. The van der Waals surface area contributed by atoms with Crippen LogP contribution in [0.5, 0.6) is 0 Å². The van der Waals surface area contributed by atoms with Gasteiger partial charge in [-0.2, -0.15) is 0 Å². The van der Waals surface area contributed by atoms with Gasteiger partial charge in [-0.05, 0) is 12.2 Å². The van der Waals surface area contributed by atoms with Crippen molar-refractivity contribution in [2.75, 3.05) is 0 Å². The molecule has 0 aromatic heterocycles. The van der Waals surface area contributed by atoms with Crippen molar-refractivity contribution in [2.24, 2.45) is 5.16 Å². The zero-order chi connectivity index (χ0) is 5.82. The van der Waals surface area contributed by atoms with Crippen LogP contribution >= 0.6 is 12.0 Å².